The molecule has 0 saturated carbocycles. The average Bonchev–Trinajstić information content (AvgIpc) is 2.98. The van der Waals surface area contributed by atoms with Gasteiger partial charge in [-0.15, -0.1) is 0 Å². The number of amides is 2. The van der Waals surface area contributed by atoms with Gasteiger partial charge in [-0.05, 0) is 25.2 Å². The second-order valence-corrected chi connectivity index (χ2v) is 5.20. The van der Waals surface area contributed by atoms with Gasteiger partial charge in [0.1, 0.15) is 0 Å². The maximum atomic E-state index is 12.0. The van der Waals surface area contributed by atoms with E-state index in [4.69, 9.17) is 9.63 Å². The van der Waals surface area contributed by atoms with E-state index in [9.17, 15) is 9.59 Å². The molecule has 1 fully saturated rings. The van der Waals surface area contributed by atoms with Crippen LogP contribution in [0.4, 0.5) is 4.79 Å². The van der Waals surface area contributed by atoms with E-state index in [2.05, 4.69) is 15.5 Å². The van der Waals surface area contributed by atoms with E-state index in [-0.39, 0.29) is 18.4 Å². The van der Waals surface area contributed by atoms with Crippen LogP contribution in [0.25, 0.3) is 0 Å². The number of piperidine rings is 1. The number of nitrogens with one attached hydrogen (secondary N) is 1. The molecule has 1 aliphatic rings. The Hall–Kier alpha value is -2.12. The maximum Gasteiger partial charge on any atom is 0.317 e. The van der Waals surface area contributed by atoms with Crippen LogP contribution in [0.5, 0.6) is 0 Å². The first-order chi connectivity index (χ1) is 10.1. The van der Waals surface area contributed by atoms with Gasteiger partial charge in [-0.3, -0.25) is 4.79 Å². The quantitative estimate of drug-likeness (QED) is 0.807. The highest BCUT2D eigenvalue weighted by Crippen LogP contribution is 2.20. The molecule has 2 rings (SSSR count). The van der Waals surface area contributed by atoms with Crippen molar-refractivity contribution >= 4 is 12.0 Å². The Labute approximate surface area is 122 Å². The number of hydrogen-bond donors (Lipinski definition) is 2. The fourth-order valence-corrected chi connectivity index (χ4v) is 2.51. The molecule has 116 valence electrons. The first-order valence-electron chi connectivity index (χ1n) is 7.15. The van der Waals surface area contributed by atoms with Gasteiger partial charge in [0.05, 0.1) is 0 Å². The highest BCUT2D eigenvalue weighted by Gasteiger charge is 2.23. The molecule has 1 saturated heterocycles. The molecular formula is C13H20N4O4. The van der Waals surface area contributed by atoms with Gasteiger partial charge in [-0.1, -0.05) is 5.16 Å². The zero-order valence-electron chi connectivity index (χ0n) is 11.8. The van der Waals surface area contributed by atoms with Crippen molar-refractivity contribution in [1.29, 1.82) is 0 Å². The molecule has 2 amide bonds. The third-order valence-electron chi connectivity index (χ3n) is 3.59. The van der Waals surface area contributed by atoms with Gasteiger partial charge < -0.3 is 19.8 Å². The summed E-state index contributed by atoms with van der Waals surface area (Å²) in [4.78, 5) is 28.3. The summed E-state index contributed by atoms with van der Waals surface area (Å²) in [6.07, 6.45) is 4.52. The summed E-state index contributed by atoms with van der Waals surface area (Å²) in [7, 11) is 0. The minimum absolute atomic E-state index is 0.116. The Bertz CT molecular complexity index is 463. The fourth-order valence-electron chi connectivity index (χ4n) is 2.51. The van der Waals surface area contributed by atoms with Gasteiger partial charge in [0.25, 0.3) is 0 Å². The van der Waals surface area contributed by atoms with Crippen LogP contribution in [0.1, 0.15) is 31.6 Å². The highest BCUT2D eigenvalue weighted by atomic mass is 16.5. The van der Waals surface area contributed by atoms with Gasteiger partial charge in [0.2, 0.25) is 5.89 Å². The number of aromatic nitrogens is 2. The molecule has 1 aliphatic heterocycles. The van der Waals surface area contributed by atoms with Crippen LogP contribution in [-0.4, -0.2) is 51.8 Å². The molecule has 2 N–H and O–H groups in total. The Kier molecular flexibility index (Phi) is 5.53. The van der Waals surface area contributed by atoms with Crippen molar-refractivity contribution in [3.63, 3.8) is 0 Å². The number of urea groups is 1. The molecule has 0 radical (unpaired) electrons. The number of nitrogens with zero attached hydrogens (tertiary/aromatic N) is 3. The first-order valence-corrected chi connectivity index (χ1v) is 7.15. The Morgan fingerprint density at radius 2 is 2.38 bits per heavy atom. The monoisotopic (exact) mass is 296 g/mol. The third-order valence-corrected chi connectivity index (χ3v) is 3.59. The van der Waals surface area contributed by atoms with Gasteiger partial charge in [-0.2, -0.15) is 4.98 Å². The van der Waals surface area contributed by atoms with Crippen LogP contribution in [0.3, 0.4) is 0 Å². The standard InChI is InChI=1S/C13H20N4O4/c18-12(19)4-3-10-2-1-7-17(8-10)13(20)14-6-5-11-15-9-16-21-11/h9-10H,1-8H2,(H,14,20)(H,18,19). The van der Waals surface area contributed by atoms with E-state index in [0.717, 1.165) is 19.4 Å². The number of carbonyl (C=O) groups is 2. The zero-order chi connectivity index (χ0) is 15.1. The highest BCUT2D eigenvalue weighted by molar-refractivity contribution is 5.74. The minimum atomic E-state index is -0.781. The number of carboxylic acids is 1. The molecule has 8 nitrogen and oxygen atoms in total. The van der Waals surface area contributed by atoms with Crippen molar-refractivity contribution in [2.45, 2.75) is 32.1 Å². The molecule has 21 heavy (non-hydrogen) atoms. The zero-order valence-corrected chi connectivity index (χ0v) is 11.8. The molecule has 8 heteroatoms. The molecule has 0 aliphatic carbocycles. The lowest BCUT2D eigenvalue weighted by Gasteiger charge is -2.32. The summed E-state index contributed by atoms with van der Waals surface area (Å²) >= 11 is 0. The van der Waals surface area contributed by atoms with Crippen LogP contribution >= 0.6 is 0 Å². The second kappa shape index (κ2) is 7.61. The lowest BCUT2D eigenvalue weighted by molar-refractivity contribution is -0.137. The molecule has 1 aromatic heterocycles. The van der Waals surface area contributed by atoms with E-state index >= 15 is 0 Å². The van der Waals surface area contributed by atoms with Gasteiger partial charge in [0.15, 0.2) is 6.33 Å². The van der Waals surface area contributed by atoms with Crippen LogP contribution in [0.15, 0.2) is 10.9 Å². The summed E-state index contributed by atoms with van der Waals surface area (Å²) in [5.74, 6) is -0.0130. The van der Waals surface area contributed by atoms with Crippen LogP contribution in [0, 0.1) is 5.92 Å². The lowest BCUT2D eigenvalue weighted by atomic mass is 9.93. The largest absolute Gasteiger partial charge is 0.481 e. The average molecular weight is 296 g/mol. The number of rotatable bonds is 6. The first kappa shape index (κ1) is 15.3. The molecule has 0 spiro atoms. The predicted molar refractivity (Wildman–Crippen MR) is 72.6 cm³/mol. The minimum Gasteiger partial charge on any atom is -0.481 e. The topological polar surface area (TPSA) is 109 Å². The van der Waals surface area contributed by atoms with Crippen molar-refractivity contribution < 1.29 is 19.2 Å². The molecule has 1 atom stereocenters. The van der Waals surface area contributed by atoms with Crippen molar-refractivity contribution in [3.8, 4) is 0 Å². The van der Waals surface area contributed by atoms with Gasteiger partial charge in [0, 0.05) is 32.5 Å². The lowest BCUT2D eigenvalue weighted by Crippen LogP contribution is -2.46. The molecule has 0 aromatic carbocycles. The Morgan fingerprint density at radius 1 is 1.52 bits per heavy atom. The summed E-state index contributed by atoms with van der Waals surface area (Å²) in [6, 6.07) is -0.116. The molecule has 1 unspecified atom stereocenters. The fraction of sp³-hybridized carbons (Fsp3) is 0.692. The van der Waals surface area contributed by atoms with E-state index in [1.54, 1.807) is 4.90 Å². The summed E-state index contributed by atoms with van der Waals surface area (Å²) in [5.41, 5.74) is 0. The van der Waals surface area contributed by atoms with Crippen molar-refractivity contribution in [3.05, 3.63) is 12.2 Å². The molecule has 1 aromatic rings. The van der Waals surface area contributed by atoms with Crippen LogP contribution in [0.2, 0.25) is 0 Å². The van der Waals surface area contributed by atoms with Gasteiger partial charge in [-0.25, -0.2) is 4.79 Å². The smallest absolute Gasteiger partial charge is 0.317 e. The SMILES string of the molecule is O=C(O)CCC1CCCN(C(=O)NCCc2ncno2)C1. The second-order valence-electron chi connectivity index (χ2n) is 5.20. The number of carboxylic acid groups (broad SMARTS) is 1. The van der Waals surface area contributed by atoms with E-state index in [1.165, 1.54) is 6.33 Å². The van der Waals surface area contributed by atoms with Crippen LogP contribution < -0.4 is 5.32 Å². The molecule has 2 heterocycles. The van der Waals surface area contributed by atoms with Gasteiger partial charge >= 0.3 is 12.0 Å². The molecular weight excluding hydrogens is 276 g/mol. The van der Waals surface area contributed by atoms with E-state index in [0.29, 0.717) is 31.8 Å². The maximum absolute atomic E-state index is 12.0. The summed E-state index contributed by atoms with van der Waals surface area (Å²) < 4.78 is 4.85. The predicted octanol–water partition coefficient (Wildman–Crippen LogP) is 0.898. The number of hydrogen-bond acceptors (Lipinski definition) is 5. The molecule has 0 bridgehead atoms. The van der Waals surface area contributed by atoms with Crippen LogP contribution in [-0.2, 0) is 11.2 Å². The normalized spacial score (nSPS) is 18.5. The summed E-state index contributed by atoms with van der Waals surface area (Å²) in [6.45, 7) is 1.78. The van der Waals surface area contributed by atoms with Crippen molar-refractivity contribution in [1.82, 2.24) is 20.4 Å². The number of aliphatic carboxylic acids is 1. The number of carbonyl (C=O) groups excluding carboxylic acids is 1. The summed E-state index contributed by atoms with van der Waals surface area (Å²) in [5, 5.41) is 15.0. The number of likely N-dealkylation sites (tertiary alicyclic amines) is 1. The Morgan fingerprint density at radius 3 is 3.10 bits per heavy atom. The third kappa shape index (κ3) is 5.05. The van der Waals surface area contributed by atoms with Crippen molar-refractivity contribution in [2.24, 2.45) is 5.92 Å². The van der Waals surface area contributed by atoms with E-state index < -0.39 is 5.97 Å². The Balaban J connectivity index is 1.70. The van der Waals surface area contributed by atoms with E-state index in [1.807, 2.05) is 0 Å². The van der Waals surface area contributed by atoms with Crippen molar-refractivity contribution in [2.75, 3.05) is 19.6 Å².